The Morgan fingerprint density at radius 1 is 1.40 bits per heavy atom. The van der Waals surface area contributed by atoms with Crippen LogP contribution in [0.5, 0.6) is 0 Å². The van der Waals surface area contributed by atoms with E-state index in [4.69, 9.17) is 4.52 Å². The van der Waals surface area contributed by atoms with E-state index in [1.807, 2.05) is 11.8 Å². The standard InChI is InChI=1S/C15H27N3OS/c1-4-7-16-13(12-5-6-12)8-15-17-14(18-19-15)10-20-9-11(2)3/h11-13,16H,4-10H2,1-3H3. The molecule has 1 fully saturated rings. The first-order valence-electron chi connectivity index (χ1n) is 7.81. The van der Waals surface area contributed by atoms with E-state index < -0.39 is 0 Å². The SMILES string of the molecule is CCCNC(Cc1nc(CSCC(C)C)no1)C1CC1. The van der Waals surface area contributed by atoms with E-state index in [0.717, 1.165) is 42.1 Å². The number of nitrogens with one attached hydrogen (secondary N) is 1. The average molecular weight is 297 g/mol. The Balaban J connectivity index is 1.78. The van der Waals surface area contributed by atoms with Gasteiger partial charge in [-0.15, -0.1) is 0 Å². The highest BCUT2D eigenvalue weighted by atomic mass is 32.2. The maximum Gasteiger partial charge on any atom is 0.228 e. The largest absolute Gasteiger partial charge is 0.339 e. The Morgan fingerprint density at radius 2 is 2.20 bits per heavy atom. The normalized spacial score (nSPS) is 16.8. The van der Waals surface area contributed by atoms with E-state index >= 15 is 0 Å². The Bertz CT molecular complexity index is 390. The molecule has 1 aliphatic rings. The third-order valence-corrected chi connectivity index (χ3v) is 4.80. The van der Waals surface area contributed by atoms with Gasteiger partial charge in [0, 0.05) is 12.5 Å². The lowest BCUT2D eigenvalue weighted by Crippen LogP contribution is -2.33. The zero-order valence-corrected chi connectivity index (χ0v) is 13.7. The van der Waals surface area contributed by atoms with Crippen LogP contribution in [0.1, 0.15) is 51.7 Å². The van der Waals surface area contributed by atoms with Gasteiger partial charge in [-0.05, 0) is 43.4 Å². The molecule has 0 bridgehead atoms. The first-order valence-corrected chi connectivity index (χ1v) is 8.97. The molecule has 0 amide bonds. The predicted octanol–water partition coefficient (Wildman–Crippen LogP) is 3.28. The lowest BCUT2D eigenvalue weighted by molar-refractivity contribution is 0.343. The second-order valence-electron chi connectivity index (χ2n) is 6.12. The van der Waals surface area contributed by atoms with Crippen LogP contribution in [0.4, 0.5) is 0 Å². The number of aromatic nitrogens is 2. The van der Waals surface area contributed by atoms with Crippen LogP contribution in [0.3, 0.4) is 0 Å². The molecule has 0 aliphatic heterocycles. The van der Waals surface area contributed by atoms with Gasteiger partial charge < -0.3 is 9.84 Å². The van der Waals surface area contributed by atoms with Crippen molar-refractivity contribution in [1.82, 2.24) is 15.5 Å². The van der Waals surface area contributed by atoms with Gasteiger partial charge in [-0.3, -0.25) is 0 Å². The number of thioether (sulfide) groups is 1. The van der Waals surface area contributed by atoms with Crippen molar-refractivity contribution in [2.24, 2.45) is 11.8 Å². The third-order valence-electron chi connectivity index (χ3n) is 3.43. The molecule has 114 valence electrons. The summed E-state index contributed by atoms with van der Waals surface area (Å²) in [6, 6.07) is 0.520. The molecule has 4 nitrogen and oxygen atoms in total. The fourth-order valence-electron chi connectivity index (χ4n) is 2.24. The quantitative estimate of drug-likeness (QED) is 0.718. The van der Waals surface area contributed by atoms with Gasteiger partial charge in [0.25, 0.3) is 0 Å². The zero-order chi connectivity index (χ0) is 14.4. The summed E-state index contributed by atoms with van der Waals surface area (Å²) in [7, 11) is 0. The highest BCUT2D eigenvalue weighted by Gasteiger charge is 2.32. The minimum atomic E-state index is 0.520. The lowest BCUT2D eigenvalue weighted by Gasteiger charge is -2.15. The van der Waals surface area contributed by atoms with Crippen LogP contribution < -0.4 is 5.32 Å². The molecule has 5 heteroatoms. The maximum atomic E-state index is 5.40. The van der Waals surface area contributed by atoms with E-state index in [2.05, 4.69) is 36.2 Å². The van der Waals surface area contributed by atoms with Crippen LogP contribution in [0.15, 0.2) is 4.52 Å². The van der Waals surface area contributed by atoms with Crippen LogP contribution in [-0.4, -0.2) is 28.5 Å². The molecule has 0 aromatic carbocycles. The molecule has 0 radical (unpaired) electrons. The fraction of sp³-hybridized carbons (Fsp3) is 0.867. The van der Waals surface area contributed by atoms with Gasteiger partial charge in [-0.1, -0.05) is 25.9 Å². The van der Waals surface area contributed by atoms with E-state index in [1.165, 1.54) is 19.3 Å². The van der Waals surface area contributed by atoms with Crippen molar-refractivity contribution in [3.63, 3.8) is 0 Å². The van der Waals surface area contributed by atoms with Gasteiger partial charge in [0.15, 0.2) is 5.82 Å². The summed E-state index contributed by atoms with van der Waals surface area (Å²) in [4.78, 5) is 4.53. The van der Waals surface area contributed by atoms with Crippen LogP contribution >= 0.6 is 11.8 Å². The molecule has 1 aromatic rings. The first-order chi connectivity index (χ1) is 9.69. The van der Waals surface area contributed by atoms with Crippen LogP contribution in [0.25, 0.3) is 0 Å². The van der Waals surface area contributed by atoms with Crippen molar-refractivity contribution >= 4 is 11.8 Å². The second kappa shape index (κ2) is 8.03. The van der Waals surface area contributed by atoms with Crippen molar-refractivity contribution < 1.29 is 4.52 Å². The number of rotatable bonds is 10. The summed E-state index contributed by atoms with van der Waals surface area (Å²) in [5.74, 6) is 5.17. The van der Waals surface area contributed by atoms with Crippen LogP contribution in [-0.2, 0) is 12.2 Å². The summed E-state index contributed by atoms with van der Waals surface area (Å²) < 4.78 is 5.40. The van der Waals surface area contributed by atoms with Crippen LogP contribution in [0, 0.1) is 11.8 Å². The molecule has 1 atom stereocenters. The van der Waals surface area contributed by atoms with Crippen molar-refractivity contribution in [1.29, 1.82) is 0 Å². The summed E-state index contributed by atoms with van der Waals surface area (Å²) in [5.41, 5.74) is 0. The minimum Gasteiger partial charge on any atom is -0.339 e. The Kier molecular flexibility index (Phi) is 6.36. The summed E-state index contributed by atoms with van der Waals surface area (Å²) in [6.45, 7) is 7.74. The molecule has 1 N–H and O–H groups in total. The van der Waals surface area contributed by atoms with Gasteiger partial charge in [-0.25, -0.2) is 0 Å². The molecule has 1 unspecified atom stereocenters. The Hall–Kier alpha value is -0.550. The second-order valence-corrected chi connectivity index (χ2v) is 7.15. The van der Waals surface area contributed by atoms with Gasteiger partial charge in [0.05, 0.1) is 5.75 Å². The van der Waals surface area contributed by atoms with Gasteiger partial charge in [0.2, 0.25) is 5.89 Å². The monoisotopic (exact) mass is 297 g/mol. The average Bonchev–Trinajstić information content (AvgIpc) is 3.16. The third kappa shape index (κ3) is 5.44. The smallest absolute Gasteiger partial charge is 0.228 e. The van der Waals surface area contributed by atoms with E-state index in [9.17, 15) is 0 Å². The number of hydrogen-bond donors (Lipinski definition) is 1. The molecule has 2 rings (SSSR count). The molecular formula is C15H27N3OS. The van der Waals surface area contributed by atoms with E-state index in [0.29, 0.717) is 12.0 Å². The summed E-state index contributed by atoms with van der Waals surface area (Å²) >= 11 is 1.88. The van der Waals surface area contributed by atoms with Crippen LogP contribution in [0.2, 0.25) is 0 Å². The van der Waals surface area contributed by atoms with Crippen molar-refractivity contribution in [3.8, 4) is 0 Å². The molecule has 1 aromatic heterocycles. The van der Waals surface area contributed by atoms with Gasteiger partial charge in [0.1, 0.15) is 0 Å². The Labute approximate surface area is 126 Å². The highest BCUT2D eigenvalue weighted by molar-refractivity contribution is 7.98. The Morgan fingerprint density at radius 3 is 2.85 bits per heavy atom. The zero-order valence-electron chi connectivity index (χ0n) is 12.9. The first kappa shape index (κ1) is 15.8. The van der Waals surface area contributed by atoms with E-state index in [-0.39, 0.29) is 0 Å². The lowest BCUT2D eigenvalue weighted by atomic mass is 10.1. The highest BCUT2D eigenvalue weighted by Crippen LogP contribution is 2.34. The van der Waals surface area contributed by atoms with Crippen molar-refractivity contribution in [2.75, 3.05) is 12.3 Å². The molecular weight excluding hydrogens is 270 g/mol. The molecule has 20 heavy (non-hydrogen) atoms. The van der Waals surface area contributed by atoms with E-state index in [1.54, 1.807) is 0 Å². The van der Waals surface area contributed by atoms with Gasteiger partial charge >= 0.3 is 0 Å². The van der Waals surface area contributed by atoms with Gasteiger partial charge in [-0.2, -0.15) is 16.7 Å². The molecule has 0 saturated heterocycles. The van der Waals surface area contributed by atoms with Crippen molar-refractivity contribution in [2.45, 2.75) is 58.2 Å². The maximum absolute atomic E-state index is 5.40. The predicted molar refractivity (Wildman–Crippen MR) is 83.8 cm³/mol. The molecule has 0 spiro atoms. The topological polar surface area (TPSA) is 51.0 Å². The minimum absolute atomic E-state index is 0.520. The summed E-state index contributed by atoms with van der Waals surface area (Å²) in [6.07, 6.45) is 4.73. The molecule has 1 heterocycles. The molecule has 1 saturated carbocycles. The molecule has 1 aliphatic carbocycles. The number of hydrogen-bond acceptors (Lipinski definition) is 5. The summed E-state index contributed by atoms with van der Waals surface area (Å²) in [5, 5.41) is 7.71. The fourth-order valence-corrected chi connectivity index (χ4v) is 3.13. The van der Waals surface area contributed by atoms with Crippen molar-refractivity contribution in [3.05, 3.63) is 11.7 Å². The number of nitrogens with zero attached hydrogens (tertiary/aromatic N) is 2.